The van der Waals surface area contributed by atoms with Gasteiger partial charge in [0.25, 0.3) is 5.56 Å². The van der Waals surface area contributed by atoms with Crippen LogP contribution in [0.15, 0.2) is 41.3 Å². The number of aromatic amines is 1. The average Bonchev–Trinajstić information content (AvgIpc) is 2.76. The molecular weight excluding hydrogens is 366 g/mol. The fourth-order valence-electron chi connectivity index (χ4n) is 4.37. The highest BCUT2D eigenvalue weighted by molar-refractivity contribution is 5.79. The quantitative estimate of drug-likeness (QED) is 0.726. The Hall–Kier alpha value is -2.67. The van der Waals surface area contributed by atoms with E-state index in [4.69, 9.17) is 0 Å². The van der Waals surface area contributed by atoms with E-state index in [1.165, 1.54) is 11.1 Å². The lowest BCUT2D eigenvalue weighted by molar-refractivity contribution is -0.125. The van der Waals surface area contributed by atoms with Gasteiger partial charge in [-0.25, -0.2) is 5.10 Å². The number of nitrogens with one attached hydrogen (secondary N) is 2. The Morgan fingerprint density at radius 2 is 2.10 bits per heavy atom. The summed E-state index contributed by atoms with van der Waals surface area (Å²) < 4.78 is 0. The van der Waals surface area contributed by atoms with E-state index in [9.17, 15) is 9.59 Å². The molecule has 0 spiro atoms. The van der Waals surface area contributed by atoms with Crippen LogP contribution in [-0.2, 0) is 17.8 Å². The minimum absolute atomic E-state index is 0.0371. The number of benzene rings is 1. The maximum absolute atomic E-state index is 12.6. The van der Waals surface area contributed by atoms with Crippen molar-refractivity contribution < 1.29 is 4.79 Å². The molecule has 0 radical (unpaired) electrons. The van der Waals surface area contributed by atoms with Crippen molar-refractivity contribution in [3.05, 3.63) is 58.0 Å². The molecule has 2 aliphatic heterocycles. The third kappa shape index (κ3) is 5.03. The average molecular weight is 396 g/mol. The number of carbonyl (C=O) groups excluding carboxylic acids is 1. The monoisotopic (exact) mass is 395 g/mol. The number of nitrogens with zero attached hydrogens (tertiary/aromatic N) is 3. The number of aromatic nitrogens is 2. The van der Waals surface area contributed by atoms with E-state index in [-0.39, 0.29) is 17.4 Å². The summed E-state index contributed by atoms with van der Waals surface area (Å²) in [5.41, 5.74) is 3.47. The molecule has 2 aliphatic rings. The zero-order valence-corrected chi connectivity index (χ0v) is 16.8. The summed E-state index contributed by atoms with van der Waals surface area (Å²) in [5.74, 6) is 0.0846. The Bertz CT molecular complexity index is 897. The summed E-state index contributed by atoms with van der Waals surface area (Å²) in [6, 6.07) is 10.2. The Kier molecular flexibility index (Phi) is 6.24. The maximum atomic E-state index is 12.6. The lowest BCUT2D eigenvalue weighted by atomic mass is 9.96. The highest BCUT2D eigenvalue weighted by Crippen LogP contribution is 2.22. The van der Waals surface area contributed by atoms with Crippen LogP contribution in [-0.4, -0.2) is 53.7 Å². The molecule has 4 rings (SSSR count). The number of anilines is 1. The molecule has 2 N–H and O–H groups in total. The van der Waals surface area contributed by atoms with Crippen LogP contribution in [0.3, 0.4) is 0 Å². The molecule has 1 amide bonds. The molecule has 2 aromatic rings. The number of hydrogen-bond donors (Lipinski definition) is 2. The molecule has 0 unspecified atom stereocenters. The van der Waals surface area contributed by atoms with Gasteiger partial charge in [-0.15, -0.1) is 0 Å². The number of hydrogen-bond acceptors (Lipinski definition) is 5. The molecule has 1 saturated heterocycles. The number of H-pyrrole nitrogens is 1. The predicted molar refractivity (Wildman–Crippen MR) is 113 cm³/mol. The lowest BCUT2D eigenvalue weighted by Gasteiger charge is -2.33. The molecular formula is C22H29N5O2. The van der Waals surface area contributed by atoms with Crippen molar-refractivity contribution in [2.24, 2.45) is 5.92 Å². The van der Waals surface area contributed by atoms with Crippen molar-refractivity contribution >= 4 is 11.6 Å². The zero-order valence-electron chi connectivity index (χ0n) is 16.8. The zero-order chi connectivity index (χ0) is 20.1. The molecule has 29 heavy (non-hydrogen) atoms. The number of piperidine rings is 1. The van der Waals surface area contributed by atoms with Gasteiger partial charge in [0.05, 0.1) is 17.8 Å². The van der Waals surface area contributed by atoms with Crippen LogP contribution >= 0.6 is 0 Å². The van der Waals surface area contributed by atoms with E-state index in [0.29, 0.717) is 13.1 Å². The van der Waals surface area contributed by atoms with Crippen LogP contribution in [0.5, 0.6) is 0 Å². The van der Waals surface area contributed by atoms with Gasteiger partial charge in [-0.2, -0.15) is 5.10 Å². The van der Waals surface area contributed by atoms with Crippen molar-refractivity contribution in [2.75, 3.05) is 37.6 Å². The third-order valence-corrected chi connectivity index (χ3v) is 5.97. The van der Waals surface area contributed by atoms with Crippen LogP contribution in [0.2, 0.25) is 0 Å². The number of amides is 1. The summed E-state index contributed by atoms with van der Waals surface area (Å²) in [6.07, 6.45) is 5.55. The van der Waals surface area contributed by atoms with E-state index < -0.39 is 0 Å². The topological polar surface area (TPSA) is 81.3 Å². The van der Waals surface area contributed by atoms with Gasteiger partial charge in [0, 0.05) is 45.3 Å². The van der Waals surface area contributed by atoms with E-state index >= 15 is 0 Å². The van der Waals surface area contributed by atoms with Gasteiger partial charge in [-0.05, 0) is 36.8 Å². The van der Waals surface area contributed by atoms with Gasteiger partial charge in [-0.1, -0.05) is 24.3 Å². The summed E-state index contributed by atoms with van der Waals surface area (Å²) in [6.45, 7) is 5.30. The smallest absolute Gasteiger partial charge is 0.266 e. The second-order valence-electron chi connectivity index (χ2n) is 8.03. The van der Waals surface area contributed by atoms with Gasteiger partial charge >= 0.3 is 0 Å². The van der Waals surface area contributed by atoms with Gasteiger partial charge < -0.3 is 10.2 Å². The molecule has 1 fully saturated rings. The summed E-state index contributed by atoms with van der Waals surface area (Å²) in [5, 5.41) is 9.38. The Morgan fingerprint density at radius 3 is 2.97 bits per heavy atom. The number of rotatable bonds is 6. The Morgan fingerprint density at radius 1 is 1.24 bits per heavy atom. The second-order valence-corrected chi connectivity index (χ2v) is 8.03. The fraction of sp³-hybridized carbons (Fsp3) is 0.500. The minimum atomic E-state index is -0.214. The van der Waals surface area contributed by atoms with E-state index in [1.807, 2.05) is 0 Å². The molecule has 1 aromatic heterocycles. The van der Waals surface area contributed by atoms with Crippen LogP contribution in [0.4, 0.5) is 5.69 Å². The van der Waals surface area contributed by atoms with Crippen LogP contribution in [0.25, 0.3) is 0 Å². The SMILES string of the molecule is O=C(NCCCN1CCc2ccccc2C1)[C@H]1CCCN(c2cn[nH]c(=O)c2)C1. The van der Waals surface area contributed by atoms with Gasteiger partial charge in [-0.3, -0.25) is 14.5 Å². The third-order valence-electron chi connectivity index (χ3n) is 5.97. The van der Waals surface area contributed by atoms with Crippen molar-refractivity contribution in [1.29, 1.82) is 0 Å². The first kappa shape index (κ1) is 19.6. The molecule has 3 heterocycles. The standard InChI is InChI=1S/C22H29N5O2/c28-21-13-20(14-24-25-21)27-11-3-7-19(16-27)22(29)23-9-4-10-26-12-8-17-5-1-2-6-18(17)15-26/h1-2,5-6,13-14,19H,3-4,7-12,15-16H2,(H,23,29)(H,25,28)/t19-/m0/s1. The van der Waals surface area contributed by atoms with Gasteiger partial charge in [0.2, 0.25) is 5.91 Å². The fourth-order valence-corrected chi connectivity index (χ4v) is 4.37. The van der Waals surface area contributed by atoms with Crippen molar-refractivity contribution in [1.82, 2.24) is 20.4 Å². The normalized spacial score (nSPS) is 19.6. The molecule has 7 nitrogen and oxygen atoms in total. The van der Waals surface area contributed by atoms with Crippen molar-refractivity contribution in [3.63, 3.8) is 0 Å². The van der Waals surface area contributed by atoms with Crippen LogP contribution in [0, 0.1) is 5.92 Å². The second kappa shape index (κ2) is 9.22. The predicted octanol–water partition coefficient (Wildman–Crippen LogP) is 1.55. The van der Waals surface area contributed by atoms with Crippen molar-refractivity contribution in [2.45, 2.75) is 32.2 Å². The largest absolute Gasteiger partial charge is 0.369 e. The maximum Gasteiger partial charge on any atom is 0.266 e. The number of fused-ring (bicyclic) bond motifs is 1. The molecule has 154 valence electrons. The van der Waals surface area contributed by atoms with Crippen LogP contribution in [0.1, 0.15) is 30.4 Å². The first-order valence-electron chi connectivity index (χ1n) is 10.6. The minimum Gasteiger partial charge on any atom is -0.369 e. The summed E-state index contributed by atoms with van der Waals surface area (Å²) in [7, 11) is 0. The molecule has 0 bridgehead atoms. The molecule has 1 atom stereocenters. The number of carbonyl (C=O) groups is 1. The van der Waals surface area contributed by atoms with E-state index in [0.717, 1.165) is 57.5 Å². The highest BCUT2D eigenvalue weighted by Gasteiger charge is 2.26. The van der Waals surface area contributed by atoms with E-state index in [2.05, 4.69) is 49.6 Å². The van der Waals surface area contributed by atoms with Gasteiger partial charge in [0.15, 0.2) is 0 Å². The molecule has 7 heteroatoms. The lowest BCUT2D eigenvalue weighted by Crippen LogP contribution is -2.44. The van der Waals surface area contributed by atoms with E-state index in [1.54, 1.807) is 12.3 Å². The first-order valence-corrected chi connectivity index (χ1v) is 10.6. The van der Waals surface area contributed by atoms with Crippen molar-refractivity contribution in [3.8, 4) is 0 Å². The van der Waals surface area contributed by atoms with Crippen LogP contribution < -0.4 is 15.8 Å². The molecule has 0 aliphatic carbocycles. The first-order chi connectivity index (χ1) is 14.2. The Balaban J connectivity index is 1.20. The summed E-state index contributed by atoms with van der Waals surface area (Å²) in [4.78, 5) is 28.7. The molecule has 0 saturated carbocycles. The highest BCUT2D eigenvalue weighted by atomic mass is 16.2. The summed E-state index contributed by atoms with van der Waals surface area (Å²) >= 11 is 0. The Labute approximate surface area is 171 Å². The molecule has 1 aromatic carbocycles. The van der Waals surface area contributed by atoms with Gasteiger partial charge in [0.1, 0.15) is 0 Å².